The van der Waals surface area contributed by atoms with Gasteiger partial charge in [0.1, 0.15) is 0 Å². The van der Waals surface area contributed by atoms with Crippen LogP contribution in [0.3, 0.4) is 0 Å². The van der Waals surface area contributed by atoms with Crippen LogP contribution in [0.5, 0.6) is 0 Å². The van der Waals surface area contributed by atoms with Crippen LogP contribution in [0, 0.1) is 5.92 Å². The van der Waals surface area contributed by atoms with Gasteiger partial charge in [0.05, 0.1) is 10.0 Å². The van der Waals surface area contributed by atoms with Crippen molar-refractivity contribution in [3.63, 3.8) is 0 Å². The zero-order valence-electron chi connectivity index (χ0n) is 12.1. The molecule has 2 atom stereocenters. The highest BCUT2D eigenvalue weighted by molar-refractivity contribution is 6.42. The first-order valence-corrected chi connectivity index (χ1v) is 8.13. The van der Waals surface area contributed by atoms with Gasteiger partial charge in [-0.15, -0.1) is 0 Å². The molecule has 0 spiro atoms. The highest BCUT2D eigenvalue weighted by Gasteiger charge is 2.28. The molecule has 0 heterocycles. The third kappa shape index (κ3) is 3.11. The second kappa shape index (κ2) is 6.39. The van der Waals surface area contributed by atoms with Crippen molar-refractivity contribution < 1.29 is 0 Å². The lowest BCUT2D eigenvalue weighted by Crippen LogP contribution is -2.31. The number of aryl methyl sites for hydroxylation is 1. The molecule has 1 N–H and O–H groups in total. The minimum atomic E-state index is 0.407. The predicted octanol–water partition coefficient (Wildman–Crippen LogP) is 5.06. The molecule has 0 bridgehead atoms. The molecule has 1 aliphatic rings. The smallest absolute Gasteiger partial charge is 0.0595 e. The number of hydrogen-bond donors (Lipinski definition) is 1. The quantitative estimate of drug-likeness (QED) is 0.833. The van der Waals surface area contributed by atoms with Gasteiger partial charge < -0.3 is 5.32 Å². The van der Waals surface area contributed by atoms with Crippen LogP contribution in [0.2, 0.25) is 10.0 Å². The van der Waals surface area contributed by atoms with Crippen molar-refractivity contribution in [3.05, 3.63) is 69.2 Å². The fourth-order valence-corrected chi connectivity index (χ4v) is 3.73. The fourth-order valence-electron chi connectivity index (χ4n) is 3.41. The molecule has 21 heavy (non-hydrogen) atoms. The predicted molar refractivity (Wildman–Crippen MR) is 90.2 cm³/mol. The number of hydrogen-bond acceptors (Lipinski definition) is 1. The zero-order valence-corrected chi connectivity index (χ0v) is 13.6. The van der Waals surface area contributed by atoms with Crippen LogP contribution in [-0.2, 0) is 12.8 Å². The van der Waals surface area contributed by atoms with E-state index in [2.05, 4.69) is 42.7 Å². The lowest BCUT2D eigenvalue weighted by atomic mass is 9.77. The summed E-state index contributed by atoms with van der Waals surface area (Å²) in [4.78, 5) is 0. The zero-order chi connectivity index (χ0) is 14.8. The van der Waals surface area contributed by atoms with E-state index < -0.39 is 0 Å². The Morgan fingerprint density at radius 1 is 1.10 bits per heavy atom. The van der Waals surface area contributed by atoms with Crippen LogP contribution in [0.1, 0.15) is 29.2 Å². The van der Waals surface area contributed by atoms with Crippen LogP contribution in [0.25, 0.3) is 0 Å². The summed E-state index contributed by atoms with van der Waals surface area (Å²) in [6.07, 6.45) is 3.37. The molecule has 0 radical (unpaired) electrons. The van der Waals surface area contributed by atoms with Crippen molar-refractivity contribution in [2.75, 3.05) is 7.05 Å². The molecule has 0 saturated carbocycles. The number of rotatable bonds is 3. The van der Waals surface area contributed by atoms with Crippen LogP contribution < -0.4 is 5.32 Å². The van der Waals surface area contributed by atoms with Gasteiger partial charge in [-0.05, 0) is 61.1 Å². The Kier molecular flexibility index (Phi) is 4.54. The van der Waals surface area contributed by atoms with Crippen LogP contribution in [0.4, 0.5) is 0 Å². The van der Waals surface area contributed by atoms with E-state index in [0.29, 0.717) is 22.0 Å². The normalized spacial score (nSPS) is 21.1. The van der Waals surface area contributed by atoms with Crippen molar-refractivity contribution in [3.8, 4) is 0 Å². The van der Waals surface area contributed by atoms with Gasteiger partial charge in [0.25, 0.3) is 0 Å². The molecule has 0 aliphatic heterocycles. The monoisotopic (exact) mass is 319 g/mol. The molecular formula is C18H19Cl2N. The lowest BCUT2D eigenvalue weighted by molar-refractivity contribution is 0.335. The molecule has 0 aromatic heterocycles. The summed E-state index contributed by atoms with van der Waals surface area (Å²) in [5.74, 6) is 0.585. The molecule has 0 amide bonds. The average Bonchev–Trinajstić information content (AvgIpc) is 2.51. The van der Waals surface area contributed by atoms with Gasteiger partial charge >= 0.3 is 0 Å². The largest absolute Gasteiger partial charge is 0.313 e. The maximum absolute atomic E-state index is 6.14. The Morgan fingerprint density at radius 3 is 2.67 bits per heavy atom. The summed E-state index contributed by atoms with van der Waals surface area (Å²) in [6.45, 7) is 0. The fraction of sp³-hybridized carbons (Fsp3) is 0.333. The van der Waals surface area contributed by atoms with E-state index in [9.17, 15) is 0 Å². The van der Waals surface area contributed by atoms with Crippen molar-refractivity contribution in [2.45, 2.75) is 25.3 Å². The lowest BCUT2D eigenvalue weighted by Gasteiger charge is -2.33. The summed E-state index contributed by atoms with van der Waals surface area (Å²) >= 11 is 12.1. The van der Waals surface area contributed by atoms with Crippen LogP contribution in [0.15, 0.2) is 42.5 Å². The van der Waals surface area contributed by atoms with Gasteiger partial charge in [-0.1, -0.05) is 53.5 Å². The van der Waals surface area contributed by atoms with Gasteiger partial charge in [-0.25, -0.2) is 0 Å². The molecule has 3 heteroatoms. The highest BCUT2D eigenvalue weighted by Crippen LogP contribution is 2.36. The van der Waals surface area contributed by atoms with Crippen LogP contribution >= 0.6 is 23.2 Å². The standard InChI is InChI=1S/C18H19Cl2N/c1-21-18-14(8-7-13-4-2-3-5-15(13)18)10-12-6-9-16(19)17(20)11-12/h2-6,9,11,14,18,21H,7-8,10H2,1H3. The van der Waals surface area contributed by atoms with Gasteiger partial charge in [-0.3, -0.25) is 0 Å². The first-order valence-electron chi connectivity index (χ1n) is 7.38. The van der Waals surface area contributed by atoms with E-state index >= 15 is 0 Å². The maximum atomic E-state index is 6.14. The number of nitrogens with one attached hydrogen (secondary N) is 1. The summed E-state index contributed by atoms with van der Waals surface area (Å²) < 4.78 is 0. The second-order valence-electron chi connectivity index (χ2n) is 5.72. The van der Waals surface area contributed by atoms with Crippen molar-refractivity contribution in [2.24, 2.45) is 5.92 Å². The third-order valence-electron chi connectivity index (χ3n) is 4.44. The molecule has 0 saturated heterocycles. The minimum absolute atomic E-state index is 0.407. The van der Waals surface area contributed by atoms with E-state index in [4.69, 9.17) is 23.2 Å². The molecule has 2 aromatic rings. The molecule has 0 fully saturated rings. The Labute approximate surface area is 136 Å². The molecule has 3 rings (SSSR count). The number of halogens is 2. The summed E-state index contributed by atoms with van der Waals surface area (Å²) in [5, 5.41) is 4.77. The Balaban J connectivity index is 1.84. The molecule has 1 nitrogen and oxygen atoms in total. The summed E-state index contributed by atoms with van der Waals surface area (Å²) in [6, 6.07) is 15.1. The molecule has 1 aliphatic carbocycles. The topological polar surface area (TPSA) is 12.0 Å². The first kappa shape index (κ1) is 14.9. The molecule has 110 valence electrons. The van der Waals surface area contributed by atoms with Crippen molar-refractivity contribution in [1.82, 2.24) is 5.32 Å². The third-order valence-corrected chi connectivity index (χ3v) is 5.18. The number of fused-ring (bicyclic) bond motifs is 1. The maximum Gasteiger partial charge on any atom is 0.0595 e. The number of benzene rings is 2. The van der Waals surface area contributed by atoms with E-state index in [1.54, 1.807) is 0 Å². The van der Waals surface area contributed by atoms with Gasteiger partial charge in [-0.2, -0.15) is 0 Å². The van der Waals surface area contributed by atoms with E-state index in [0.717, 1.165) is 12.8 Å². The minimum Gasteiger partial charge on any atom is -0.313 e. The summed E-state index contributed by atoms with van der Waals surface area (Å²) in [7, 11) is 2.05. The summed E-state index contributed by atoms with van der Waals surface area (Å²) in [5.41, 5.74) is 4.17. The van der Waals surface area contributed by atoms with Crippen LogP contribution in [-0.4, -0.2) is 7.05 Å². The Morgan fingerprint density at radius 2 is 1.90 bits per heavy atom. The van der Waals surface area contributed by atoms with Gasteiger partial charge in [0.15, 0.2) is 0 Å². The molecule has 2 unspecified atom stereocenters. The molecule has 2 aromatic carbocycles. The Bertz CT molecular complexity index is 639. The van der Waals surface area contributed by atoms with E-state index in [1.165, 1.54) is 23.1 Å². The van der Waals surface area contributed by atoms with E-state index in [-0.39, 0.29) is 0 Å². The van der Waals surface area contributed by atoms with E-state index in [1.807, 2.05) is 12.1 Å². The van der Waals surface area contributed by atoms with Crippen molar-refractivity contribution >= 4 is 23.2 Å². The SMILES string of the molecule is CNC1c2ccccc2CCC1Cc1ccc(Cl)c(Cl)c1. The highest BCUT2D eigenvalue weighted by atomic mass is 35.5. The Hall–Kier alpha value is -1.02. The average molecular weight is 320 g/mol. The van der Waals surface area contributed by atoms with Gasteiger partial charge in [0.2, 0.25) is 0 Å². The van der Waals surface area contributed by atoms with Crippen molar-refractivity contribution in [1.29, 1.82) is 0 Å². The van der Waals surface area contributed by atoms with Gasteiger partial charge in [0, 0.05) is 6.04 Å². The first-order chi connectivity index (χ1) is 10.2. The second-order valence-corrected chi connectivity index (χ2v) is 6.53. The molecular weight excluding hydrogens is 301 g/mol.